The van der Waals surface area contributed by atoms with Crippen LogP contribution in [-0.2, 0) is 11.3 Å². The third-order valence-corrected chi connectivity index (χ3v) is 3.99. The predicted octanol–water partition coefficient (Wildman–Crippen LogP) is 2.65. The van der Waals surface area contributed by atoms with Crippen LogP contribution >= 0.6 is 0 Å². The normalized spacial score (nSPS) is 22.2. The van der Waals surface area contributed by atoms with Crippen LogP contribution in [0.25, 0.3) is 0 Å². The molecular weight excluding hydrogens is 296 g/mol. The van der Waals surface area contributed by atoms with Gasteiger partial charge in [-0.15, -0.1) is 10.2 Å². The van der Waals surface area contributed by atoms with Gasteiger partial charge in [0, 0.05) is 19.0 Å². The summed E-state index contributed by atoms with van der Waals surface area (Å²) in [6.07, 6.45) is 3.65. The molecule has 1 aliphatic rings. The Morgan fingerprint density at radius 1 is 1.30 bits per heavy atom. The molecule has 7 nitrogen and oxygen atoms in total. The molecule has 0 aliphatic heterocycles. The predicted molar refractivity (Wildman–Crippen MR) is 85.9 cm³/mol. The number of aromatic nitrogens is 2. The number of carbonyl (C=O) groups is 1. The van der Waals surface area contributed by atoms with Gasteiger partial charge in [-0.25, -0.2) is 4.79 Å². The Kier molecular flexibility index (Phi) is 5.62. The molecule has 0 radical (unpaired) electrons. The third-order valence-electron chi connectivity index (χ3n) is 3.99. The fourth-order valence-electron chi connectivity index (χ4n) is 2.88. The zero-order valence-electron chi connectivity index (χ0n) is 14.8. The van der Waals surface area contributed by atoms with Gasteiger partial charge in [0.1, 0.15) is 5.60 Å². The van der Waals surface area contributed by atoms with Crippen molar-refractivity contribution in [1.82, 2.24) is 20.4 Å². The second-order valence-electron chi connectivity index (χ2n) is 7.28. The molecule has 0 unspecified atom stereocenters. The molecular formula is C16H28N4O3. The number of nitrogens with one attached hydrogen (secondary N) is 1. The first-order valence-corrected chi connectivity index (χ1v) is 8.21. The van der Waals surface area contributed by atoms with Crippen molar-refractivity contribution in [1.29, 1.82) is 0 Å². The van der Waals surface area contributed by atoms with Crippen LogP contribution < -0.4 is 5.32 Å². The van der Waals surface area contributed by atoms with Gasteiger partial charge in [0.05, 0.1) is 6.54 Å². The van der Waals surface area contributed by atoms with Crippen molar-refractivity contribution in [2.75, 3.05) is 7.05 Å². The Labute approximate surface area is 137 Å². The summed E-state index contributed by atoms with van der Waals surface area (Å²) >= 11 is 0. The van der Waals surface area contributed by atoms with E-state index in [2.05, 4.69) is 27.5 Å². The number of aryl methyl sites for hydroxylation is 1. The zero-order chi connectivity index (χ0) is 17.0. The number of alkyl carbamates (subject to hydrolysis) is 1. The highest BCUT2D eigenvalue weighted by Gasteiger charge is 2.27. The van der Waals surface area contributed by atoms with Gasteiger partial charge >= 0.3 is 6.09 Å². The average molecular weight is 324 g/mol. The summed E-state index contributed by atoms with van der Waals surface area (Å²) in [5.41, 5.74) is -0.455. The van der Waals surface area contributed by atoms with E-state index < -0.39 is 5.60 Å². The molecule has 1 amide bonds. The Morgan fingerprint density at radius 2 is 1.96 bits per heavy atom. The minimum atomic E-state index is -0.455. The van der Waals surface area contributed by atoms with Gasteiger partial charge in [-0.05, 0) is 53.5 Å². The fourth-order valence-corrected chi connectivity index (χ4v) is 2.88. The van der Waals surface area contributed by atoms with Crippen LogP contribution in [0.15, 0.2) is 4.42 Å². The molecule has 0 saturated heterocycles. The fraction of sp³-hybridized carbons (Fsp3) is 0.812. The van der Waals surface area contributed by atoms with E-state index in [1.165, 1.54) is 0 Å². The van der Waals surface area contributed by atoms with Gasteiger partial charge in [-0.1, -0.05) is 0 Å². The largest absolute Gasteiger partial charge is 0.444 e. The van der Waals surface area contributed by atoms with Crippen LogP contribution in [0.2, 0.25) is 0 Å². The van der Waals surface area contributed by atoms with Crippen molar-refractivity contribution in [2.45, 2.75) is 77.6 Å². The second-order valence-corrected chi connectivity index (χ2v) is 7.28. The van der Waals surface area contributed by atoms with Crippen LogP contribution in [0, 0.1) is 6.92 Å². The highest BCUT2D eigenvalue weighted by molar-refractivity contribution is 5.68. The number of hydrogen-bond donors (Lipinski definition) is 1. The van der Waals surface area contributed by atoms with Gasteiger partial charge in [0.15, 0.2) is 0 Å². The summed E-state index contributed by atoms with van der Waals surface area (Å²) in [4.78, 5) is 14.1. The smallest absolute Gasteiger partial charge is 0.407 e. The monoisotopic (exact) mass is 324 g/mol. The summed E-state index contributed by atoms with van der Waals surface area (Å²) in [5, 5.41) is 10.9. The highest BCUT2D eigenvalue weighted by Crippen LogP contribution is 2.23. The van der Waals surface area contributed by atoms with E-state index in [1.807, 2.05) is 20.8 Å². The topological polar surface area (TPSA) is 80.5 Å². The molecule has 7 heteroatoms. The Hall–Kier alpha value is -1.63. The number of ether oxygens (including phenoxy) is 1. The minimum absolute atomic E-state index is 0.195. The lowest BCUT2D eigenvalue weighted by Gasteiger charge is -2.34. The van der Waals surface area contributed by atoms with Crippen molar-refractivity contribution in [3.63, 3.8) is 0 Å². The van der Waals surface area contributed by atoms with E-state index in [0.717, 1.165) is 25.7 Å². The van der Waals surface area contributed by atoms with Gasteiger partial charge < -0.3 is 14.5 Å². The van der Waals surface area contributed by atoms with Crippen molar-refractivity contribution >= 4 is 6.09 Å². The van der Waals surface area contributed by atoms with Crippen molar-refractivity contribution < 1.29 is 13.9 Å². The maximum absolute atomic E-state index is 11.8. The molecule has 1 heterocycles. The molecule has 130 valence electrons. The lowest BCUT2D eigenvalue weighted by Crippen LogP contribution is -2.44. The summed E-state index contributed by atoms with van der Waals surface area (Å²) in [6.45, 7) is 8.08. The molecule has 1 aliphatic carbocycles. The van der Waals surface area contributed by atoms with Gasteiger partial charge in [-0.2, -0.15) is 0 Å². The lowest BCUT2D eigenvalue weighted by atomic mass is 9.90. The standard InChI is InChI=1S/C16H28N4O3/c1-11-18-19-14(22-11)10-20(5)13-8-6-12(7-9-13)17-15(21)23-16(2,3)4/h12-13H,6-10H2,1-5H3,(H,17,21). The number of rotatable bonds is 4. The Morgan fingerprint density at radius 3 is 2.48 bits per heavy atom. The molecule has 1 fully saturated rings. The first-order chi connectivity index (χ1) is 10.7. The molecule has 2 rings (SSSR count). The maximum Gasteiger partial charge on any atom is 0.407 e. The van der Waals surface area contributed by atoms with Gasteiger partial charge in [-0.3, -0.25) is 4.90 Å². The Bertz CT molecular complexity index is 516. The molecule has 1 aromatic heterocycles. The van der Waals surface area contributed by atoms with Crippen LogP contribution in [0.4, 0.5) is 4.79 Å². The molecule has 0 bridgehead atoms. The lowest BCUT2D eigenvalue weighted by molar-refractivity contribution is 0.0479. The van der Waals surface area contributed by atoms with E-state index in [-0.39, 0.29) is 12.1 Å². The highest BCUT2D eigenvalue weighted by atomic mass is 16.6. The van der Waals surface area contributed by atoms with Crippen LogP contribution in [0.1, 0.15) is 58.2 Å². The molecule has 0 aromatic carbocycles. The summed E-state index contributed by atoms with van der Waals surface area (Å²) in [5.74, 6) is 1.25. The molecule has 1 N–H and O–H groups in total. The third kappa shape index (κ3) is 5.82. The molecule has 0 atom stereocenters. The van der Waals surface area contributed by atoms with Crippen molar-refractivity contribution in [3.05, 3.63) is 11.8 Å². The number of carbonyl (C=O) groups excluding carboxylic acids is 1. The minimum Gasteiger partial charge on any atom is -0.444 e. The number of nitrogens with zero attached hydrogens (tertiary/aromatic N) is 3. The van der Waals surface area contributed by atoms with Crippen LogP contribution in [0.5, 0.6) is 0 Å². The van der Waals surface area contributed by atoms with Crippen LogP contribution in [0.3, 0.4) is 0 Å². The SMILES string of the molecule is Cc1nnc(CN(C)C2CCC(NC(=O)OC(C)(C)C)CC2)o1. The Balaban J connectivity index is 1.74. The molecule has 1 aromatic rings. The van der Waals surface area contributed by atoms with Crippen molar-refractivity contribution in [2.24, 2.45) is 0 Å². The van der Waals surface area contributed by atoms with Gasteiger partial charge in [0.25, 0.3) is 0 Å². The van der Waals surface area contributed by atoms with E-state index in [4.69, 9.17) is 9.15 Å². The first-order valence-electron chi connectivity index (χ1n) is 8.21. The van der Waals surface area contributed by atoms with E-state index >= 15 is 0 Å². The summed E-state index contributed by atoms with van der Waals surface area (Å²) in [7, 11) is 2.08. The second kappa shape index (κ2) is 7.29. The summed E-state index contributed by atoms with van der Waals surface area (Å²) < 4.78 is 10.7. The van der Waals surface area contributed by atoms with E-state index in [1.54, 1.807) is 6.92 Å². The maximum atomic E-state index is 11.8. The van der Waals surface area contributed by atoms with Crippen molar-refractivity contribution in [3.8, 4) is 0 Å². The molecule has 0 spiro atoms. The van der Waals surface area contributed by atoms with Crippen LogP contribution in [-0.4, -0.2) is 45.9 Å². The van der Waals surface area contributed by atoms with E-state index in [9.17, 15) is 4.79 Å². The molecule has 23 heavy (non-hydrogen) atoms. The quantitative estimate of drug-likeness (QED) is 0.917. The first kappa shape index (κ1) is 17.7. The molecule has 1 saturated carbocycles. The van der Waals surface area contributed by atoms with Gasteiger partial charge in [0.2, 0.25) is 11.8 Å². The summed E-state index contributed by atoms with van der Waals surface area (Å²) in [6, 6.07) is 0.666. The van der Waals surface area contributed by atoms with E-state index in [0.29, 0.717) is 24.4 Å². The number of amides is 1. The average Bonchev–Trinajstić information content (AvgIpc) is 2.82. The number of hydrogen-bond acceptors (Lipinski definition) is 6. The zero-order valence-corrected chi connectivity index (χ0v) is 14.8.